The van der Waals surface area contributed by atoms with Crippen LogP contribution in [-0.4, -0.2) is 36.6 Å². The molecule has 2 N–H and O–H groups in total. The predicted octanol–water partition coefficient (Wildman–Crippen LogP) is 2.51. The van der Waals surface area contributed by atoms with Crippen LogP contribution in [0.3, 0.4) is 0 Å². The van der Waals surface area contributed by atoms with Crippen LogP contribution in [0.2, 0.25) is 0 Å². The van der Waals surface area contributed by atoms with Crippen molar-refractivity contribution in [2.75, 3.05) is 24.6 Å². The highest BCUT2D eigenvalue weighted by molar-refractivity contribution is 7.14. The average molecular weight is 357 g/mol. The summed E-state index contributed by atoms with van der Waals surface area (Å²) < 4.78 is 5.28. The first kappa shape index (κ1) is 17.4. The lowest BCUT2D eigenvalue weighted by Crippen LogP contribution is -2.67. The second-order valence-corrected chi connectivity index (χ2v) is 6.35. The maximum absolute atomic E-state index is 12.3. The third-order valence-corrected chi connectivity index (χ3v) is 4.73. The minimum atomic E-state index is -0.791. The van der Waals surface area contributed by atoms with E-state index in [2.05, 4.69) is 21.7 Å². The van der Waals surface area contributed by atoms with Gasteiger partial charge in [0.05, 0.1) is 17.3 Å². The fourth-order valence-electron chi connectivity index (χ4n) is 2.82. The highest BCUT2D eigenvalue weighted by atomic mass is 32.1. The summed E-state index contributed by atoms with van der Waals surface area (Å²) in [6, 6.07) is 9.29. The van der Waals surface area contributed by atoms with Crippen molar-refractivity contribution >= 4 is 22.6 Å². The Labute approximate surface area is 150 Å². The molecule has 130 valence electrons. The van der Waals surface area contributed by atoms with E-state index in [0.717, 1.165) is 11.3 Å². The molecule has 0 spiro atoms. The number of aromatic nitrogens is 1. The summed E-state index contributed by atoms with van der Waals surface area (Å²) in [5.41, 5.74) is 2.25. The third-order valence-electron chi connectivity index (χ3n) is 3.90. The van der Waals surface area contributed by atoms with E-state index in [1.165, 1.54) is 16.2 Å². The van der Waals surface area contributed by atoms with Crippen LogP contribution in [0.25, 0.3) is 11.3 Å². The normalized spacial score (nSPS) is 15.9. The Hall–Kier alpha value is -2.47. The van der Waals surface area contributed by atoms with E-state index in [-0.39, 0.29) is 6.61 Å². The average Bonchev–Trinajstić information content (AvgIpc) is 3.21. The molecule has 7 nitrogen and oxygen atoms in total. The van der Waals surface area contributed by atoms with E-state index < -0.39 is 11.9 Å². The van der Waals surface area contributed by atoms with Crippen LogP contribution < -0.4 is 15.5 Å². The summed E-state index contributed by atoms with van der Waals surface area (Å²) in [4.78, 5) is 18.5. The number of carbonyl (C=O) groups excluding carboxylic acids is 1. The smallest absolute Gasteiger partial charge is 0.419 e. The van der Waals surface area contributed by atoms with Crippen LogP contribution in [0.1, 0.15) is 19.4 Å². The highest BCUT2D eigenvalue weighted by Gasteiger charge is 2.49. The van der Waals surface area contributed by atoms with Crippen molar-refractivity contribution in [2.45, 2.75) is 19.6 Å². The van der Waals surface area contributed by atoms with Gasteiger partial charge in [-0.2, -0.15) is 5.26 Å². The van der Waals surface area contributed by atoms with Crippen molar-refractivity contribution in [3.63, 3.8) is 0 Å². The van der Waals surface area contributed by atoms with Crippen molar-refractivity contribution in [2.24, 2.45) is 0 Å². The molecule has 25 heavy (non-hydrogen) atoms. The van der Waals surface area contributed by atoms with Crippen LogP contribution in [0, 0.1) is 11.3 Å². The summed E-state index contributed by atoms with van der Waals surface area (Å²) >= 11 is 1.38. The minimum absolute atomic E-state index is 0.208. The van der Waals surface area contributed by atoms with Gasteiger partial charge in [-0.15, -0.1) is 11.3 Å². The van der Waals surface area contributed by atoms with Gasteiger partial charge in [0.25, 0.3) is 0 Å². The van der Waals surface area contributed by atoms with Gasteiger partial charge in [-0.05, 0) is 25.2 Å². The molecular weight excluding hydrogens is 338 g/mol. The molecule has 1 aliphatic rings. The molecule has 3 rings (SSSR count). The Bertz CT molecular complexity index is 790. The van der Waals surface area contributed by atoms with Crippen molar-refractivity contribution in [1.29, 1.82) is 5.26 Å². The lowest BCUT2D eigenvalue weighted by Gasteiger charge is -2.34. The van der Waals surface area contributed by atoms with Crippen molar-refractivity contribution in [3.8, 4) is 17.3 Å². The van der Waals surface area contributed by atoms with Gasteiger partial charge in [0, 0.05) is 10.9 Å². The Morgan fingerprint density at radius 3 is 2.60 bits per heavy atom. The molecule has 0 saturated carbocycles. The molecule has 1 saturated heterocycles. The summed E-state index contributed by atoms with van der Waals surface area (Å²) in [5, 5.41) is 18.0. The Kier molecular flexibility index (Phi) is 4.99. The molecule has 1 aliphatic heterocycles. The van der Waals surface area contributed by atoms with Crippen LogP contribution in [-0.2, 0) is 4.74 Å². The topological polar surface area (TPSA) is 90.3 Å². The van der Waals surface area contributed by atoms with Gasteiger partial charge in [-0.1, -0.05) is 26.0 Å². The van der Waals surface area contributed by atoms with E-state index >= 15 is 0 Å². The number of cyclic esters (lactones) is 1. The van der Waals surface area contributed by atoms with E-state index in [1.54, 1.807) is 12.1 Å². The second kappa shape index (κ2) is 7.19. The maximum Gasteiger partial charge on any atom is 0.419 e. The van der Waals surface area contributed by atoms with Gasteiger partial charge in [-0.25, -0.2) is 14.7 Å². The number of ether oxygens (including phenoxy) is 1. The molecule has 1 aromatic heterocycles. The molecule has 0 unspecified atom stereocenters. The monoisotopic (exact) mass is 357 g/mol. The number of likely N-dealkylation sites (N-methyl/N-ethyl adjacent to an activating group) is 2. The molecule has 1 fully saturated rings. The van der Waals surface area contributed by atoms with E-state index in [1.807, 2.05) is 31.4 Å². The molecule has 1 aromatic carbocycles. The first-order valence-electron chi connectivity index (χ1n) is 8.06. The number of nitriles is 1. The lowest BCUT2D eigenvalue weighted by atomic mass is 10.1. The first-order chi connectivity index (χ1) is 12.1. The predicted molar refractivity (Wildman–Crippen MR) is 96.2 cm³/mol. The van der Waals surface area contributed by atoms with Crippen LogP contribution >= 0.6 is 11.3 Å². The molecular formula is C17H19N5O2S. The van der Waals surface area contributed by atoms with E-state index in [4.69, 9.17) is 10.00 Å². The van der Waals surface area contributed by atoms with Crippen molar-refractivity contribution < 1.29 is 9.53 Å². The second-order valence-electron chi connectivity index (χ2n) is 5.52. The molecule has 2 aromatic rings. The molecule has 8 heteroatoms. The number of anilines is 1. The zero-order valence-corrected chi connectivity index (χ0v) is 14.9. The van der Waals surface area contributed by atoms with E-state index in [0.29, 0.717) is 23.8 Å². The number of amides is 1. The summed E-state index contributed by atoms with van der Waals surface area (Å²) in [6.45, 7) is 5.51. The van der Waals surface area contributed by atoms with Crippen molar-refractivity contribution in [1.82, 2.24) is 15.6 Å². The summed E-state index contributed by atoms with van der Waals surface area (Å²) in [6.07, 6.45) is -0.428. The molecule has 0 bridgehead atoms. The molecule has 0 atom stereocenters. The minimum Gasteiger partial charge on any atom is -0.444 e. The fourth-order valence-corrected chi connectivity index (χ4v) is 3.71. The largest absolute Gasteiger partial charge is 0.444 e. The number of carbonyl (C=O) groups is 1. The zero-order valence-electron chi connectivity index (χ0n) is 14.1. The number of benzene rings is 1. The quantitative estimate of drug-likeness (QED) is 0.772. The molecule has 1 amide bonds. The van der Waals surface area contributed by atoms with Crippen LogP contribution in [0.15, 0.2) is 29.6 Å². The number of rotatable bonds is 6. The van der Waals surface area contributed by atoms with Gasteiger partial charge >= 0.3 is 6.09 Å². The van der Waals surface area contributed by atoms with Gasteiger partial charge < -0.3 is 4.74 Å². The first-order valence-corrected chi connectivity index (χ1v) is 8.94. The fraction of sp³-hybridized carbons (Fsp3) is 0.353. The number of nitrogens with zero attached hydrogens (tertiary/aromatic N) is 3. The standard InChI is InChI=1S/C17H19N5O2S/c1-3-19-17(20-4-2)11-24-16(23)22(17)15-21-14(10-25-15)13-7-5-12(9-18)6-8-13/h5-8,10,19-20H,3-4,11H2,1-2H3. The molecule has 0 aliphatic carbocycles. The third kappa shape index (κ3) is 3.22. The van der Waals surface area contributed by atoms with Gasteiger partial charge in [0.1, 0.15) is 6.61 Å². The zero-order chi connectivity index (χ0) is 17.9. The van der Waals surface area contributed by atoms with Gasteiger partial charge in [-0.3, -0.25) is 10.6 Å². The Balaban J connectivity index is 1.93. The lowest BCUT2D eigenvalue weighted by molar-refractivity contribution is 0.159. The van der Waals surface area contributed by atoms with Crippen molar-refractivity contribution in [3.05, 3.63) is 35.2 Å². The highest BCUT2D eigenvalue weighted by Crippen LogP contribution is 2.33. The molecule has 0 radical (unpaired) electrons. The Morgan fingerprint density at radius 1 is 1.32 bits per heavy atom. The summed E-state index contributed by atoms with van der Waals surface area (Å²) in [5.74, 6) is -0.791. The number of nitrogens with one attached hydrogen (secondary N) is 2. The maximum atomic E-state index is 12.3. The van der Waals surface area contributed by atoms with Crippen LogP contribution in [0.4, 0.5) is 9.93 Å². The number of hydrogen-bond acceptors (Lipinski definition) is 7. The number of thiazole rings is 1. The number of hydrogen-bond donors (Lipinski definition) is 2. The van der Waals surface area contributed by atoms with Crippen LogP contribution in [0.5, 0.6) is 0 Å². The summed E-state index contributed by atoms with van der Waals surface area (Å²) in [7, 11) is 0. The van der Waals surface area contributed by atoms with E-state index in [9.17, 15) is 4.79 Å². The van der Waals surface area contributed by atoms with Gasteiger partial charge in [0.2, 0.25) is 0 Å². The SMILES string of the molecule is CCNC1(NCC)COC(=O)N1c1nc(-c2ccc(C#N)cc2)cs1. The Morgan fingerprint density at radius 2 is 2.00 bits per heavy atom. The molecule has 2 heterocycles. The van der Waals surface area contributed by atoms with Gasteiger partial charge in [0.15, 0.2) is 10.9 Å².